The minimum absolute atomic E-state index is 0.0160. The number of carbonyl (C=O) groups excluding carboxylic acids is 4. The minimum Gasteiger partial charge on any atom is -0.295 e. The molecule has 1 N–H and O–H groups in total. The third-order valence-electron chi connectivity index (χ3n) is 3.37. The number of nitrogens with zero attached hydrogens (tertiary/aromatic N) is 2. The smallest absolute Gasteiger partial charge is 0.270 e. The predicted octanol–water partition coefficient (Wildman–Crippen LogP) is -0.394. The Morgan fingerprint density at radius 2 is 1.81 bits per heavy atom. The van der Waals surface area contributed by atoms with Crippen LogP contribution in [0.3, 0.4) is 0 Å². The summed E-state index contributed by atoms with van der Waals surface area (Å²) in [5.74, 6) is -2.86. The van der Waals surface area contributed by atoms with Crippen molar-refractivity contribution in [1.82, 2.24) is 10.2 Å². The topological polar surface area (TPSA) is 127 Å². The summed E-state index contributed by atoms with van der Waals surface area (Å²) in [5, 5.41) is 12.7. The van der Waals surface area contributed by atoms with Crippen LogP contribution in [-0.4, -0.2) is 39.5 Å². The molecular formula is C12H7N3O6. The summed E-state index contributed by atoms with van der Waals surface area (Å²) in [7, 11) is 0. The van der Waals surface area contributed by atoms with E-state index >= 15 is 0 Å². The van der Waals surface area contributed by atoms with E-state index in [4.69, 9.17) is 0 Å². The zero-order valence-corrected chi connectivity index (χ0v) is 10.4. The molecule has 0 saturated carbocycles. The van der Waals surface area contributed by atoms with E-state index < -0.39 is 34.6 Å². The Hall–Kier alpha value is -3.10. The summed E-state index contributed by atoms with van der Waals surface area (Å²) in [4.78, 5) is 57.9. The van der Waals surface area contributed by atoms with Crippen LogP contribution in [0.25, 0.3) is 0 Å². The molecule has 2 heterocycles. The molecule has 0 radical (unpaired) electrons. The molecule has 1 fully saturated rings. The maximum Gasteiger partial charge on any atom is 0.270 e. The molecule has 2 aliphatic rings. The predicted molar refractivity (Wildman–Crippen MR) is 65.2 cm³/mol. The first-order valence-electron chi connectivity index (χ1n) is 5.90. The van der Waals surface area contributed by atoms with Crippen LogP contribution in [0.5, 0.6) is 0 Å². The number of nitro groups is 1. The molecular weight excluding hydrogens is 282 g/mol. The SMILES string of the molecule is O=C1CC(N2C(=O)c3ccc([N+](=O)[O-])cc3C2=O)C(=O)N1. The van der Waals surface area contributed by atoms with Gasteiger partial charge in [0, 0.05) is 12.1 Å². The van der Waals surface area contributed by atoms with E-state index in [1.807, 2.05) is 5.32 Å². The number of amides is 4. The van der Waals surface area contributed by atoms with Gasteiger partial charge in [0.05, 0.1) is 22.5 Å². The number of non-ortho nitro benzene ring substituents is 1. The summed E-state index contributed by atoms with van der Waals surface area (Å²) in [6.45, 7) is 0. The molecule has 21 heavy (non-hydrogen) atoms. The number of hydrogen-bond donors (Lipinski definition) is 1. The highest BCUT2D eigenvalue weighted by Crippen LogP contribution is 2.29. The van der Waals surface area contributed by atoms with Gasteiger partial charge in [-0.25, -0.2) is 0 Å². The fourth-order valence-corrected chi connectivity index (χ4v) is 2.39. The zero-order valence-electron chi connectivity index (χ0n) is 10.4. The lowest BCUT2D eigenvalue weighted by molar-refractivity contribution is -0.384. The minimum atomic E-state index is -1.20. The highest BCUT2D eigenvalue weighted by Gasteiger charge is 2.46. The molecule has 3 rings (SSSR count). The van der Waals surface area contributed by atoms with Crippen molar-refractivity contribution in [1.29, 1.82) is 0 Å². The van der Waals surface area contributed by atoms with Crippen molar-refractivity contribution in [3.63, 3.8) is 0 Å². The summed E-state index contributed by atoms with van der Waals surface area (Å²) in [6.07, 6.45) is -0.299. The monoisotopic (exact) mass is 289 g/mol. The Bertz CT molecular complexity index is 741. The van der Waals surface area contributed by atoms with E-state index in [1.165, 1.54) is 6.07 Å². The van der Waals surface area contributed by atoms with Gasteiger partial charge in [0.25, 0.3) is 17.5 Å². The molecule has 1 aromatic carbocycles. The van der Waals surface area contributed by atoms with Crippen molar-refractivity contribution in [3.05, 3.63) is 39.4 Å². The van der Waals surface area contributed by atoms with Crippen LogP contribution in [-0.2, 0) is 9.59 Å². The second-order valence-electron chi connectivity index (χ2n) is 4.60. The molecule has 1 aromatic rings. The molecule has 0 aliphatic carbocycles. The lowest BCUT2D eigenvalue weighted by Crippen LogP contribution is -2.44. The van der Waals surface area contributed by atoms with E-state index in [0.717, 1.165) is 12.1 Å². The second kappa shape index (κ2) is 4.20. The Morgan fingerprint density at radius 1 is 1.14 bits per heavy atom. The van der Waals surface area contributed by atoms with Gasteiger partial charge in [-0.3, -0.25) is 39.5 Å². The lowest BCUT2D eigenvalue weighted by Gasteiger charge is -2.18. The van der Waals surface area contributed by atoms with Crippen molar-refractivity contribution in [2.75, 3.05) is 0 Å². The quantitative estimate of drug-likeness (QED) is 0.448. The Balaban J connectivity index is 2.03. The Morgan fingerprint density at radius 3 is 2.38 bits per heavy atom. The maximum absolute atomic E-state index is 12.2. The van der Waals surface area contributed by atoms with Crippen molar-refractivity contribution in [2.24, 2.45) is 0 Å². The third kappa shape index (κ3) is 1.78. The highest BCUT2D eigenvalue weighted by molar-refractivity contribution is 6.24. The number of hydrogen-bond acceptors (Lipinski definition) is 6. The largest absolute Gasteiger partial charge is 0.295 e. The van der Waals surface area contributed by atoms with Gasteiger partial charge < -0.3 is 0 Å². The molecule has 1 unspecified atom stereocenters. The van der Waals surface area contributed by atoms with Gasteiger partial charge >= 0.3 is 0 Å². The summed E-state index contributed by atoms with van der Waals surface area (Å²) < 4.78 is 0. The molecule has 1 saturated heterocycles. The van der Waals surface area contributed by atoms with E-state index in [0.29, 0.717) is 4.90 Å². The van der Waals surface area contributed by atoms with Gasteiger partial charge in [-0.1, -0.05) is 0 Å². The van der Waals surface area contributed by atoms with E-state index in [2.05, 4.69) is 0 Å². The zero-order chi connectivity index (χ0) is 15.3. The number of benzene rings is 1. The molecule has 1 atom stereocenters. The fourth-order valence-electron chi connectivity index (χ4n) is 2.39. The molecule has 9 nitrogen and oxygen atoms in total. The van der Waals surface area contributed by atoms with Crippen LogP contribution in [0, 0.1) is 10.1 Å². The van der Waals surface area contributed by atoms with Gasteiger partial charge in [0.1, 0.15) is 6.04 Å². The number of nitro benzene ring substituents is 1. The number of carbonyl (C=O) groups is 4. The average molecular weight is 289 g/mol. The first-order valence-corrected chi connectivity index (χ1v) is 5.90. The second-order valence-corrected chi connectivity index (χ2v) is 4.60. The summed E-state index contributed by atoms with van der Waals surface area (Å²) >= 11 is 0. The van der Waals surface area contributed by atoms with Crippen molar-refractivity contribution < 1.29 is 24.1 Å². The first-order chi connectivity index (χ1) is 9.90. The van der Waals surface area contributed by atoms with Gasteiger partial charge in [-0.05, 0) is 6.07 Å². The first kappa shape index (κ1) is 12.9. The van der Waals surface area contributed by atoms with Gasteiger partial charge in [-0.15, -0.1) is 0 Å². The number of fused-ring (bicyclic) bond motifs is 1. The van der Waals surface area contributed by atoms with Crippen LogP contribution in [0.15, 0.2) is 18.2 Å². The molecule has 9 heteroatoms. The van der Waals surface area contributed by atoms with Crippen molar-refractivity contribution in [2.45, 2.75) is 12.5 Å². The maximum atomic E-state index is 12.2. The Kier molecular flexibility index (Phi) is 2.58. The summed E-state index contributed by atoms with van der Waals surface area (Å²) in [6, 6.07) is 2.06. The average Bonchev–Trinajstić information content (AvgIpc) is 2.87. The molecule has 106 valence electrons. The molecule has 0 bridgehead atoms. The van der Waals surface area contributed by atoms with Crippen LogP contribution in [0.2, 0.25) is 0 Å². The molecule has 0 aromatic heterocycles. The van der Waals surface area contributed by atoms with Crippen LogP contribution < -0.4 is 5.32 Å². The number of imide groups is 2. The van der Waals surface area contributed by atoms with Crippen LogP contribution in [0.1, 0.15) is 27.1 Å². The standard InChI is InChI=1S/C12H7N3O6/c16-9-4-8(10(17)13-9)14-11(18)6-2-1-5(15(20)21)3-7(6)12(14)19/h1-3,8H,4H2,(H,13,16,17). The molecule has 2 aliphatic heterocycles. The fraction of sp³-hybridized carbons (Fsp3) is 0.167. The summed E-state index contributed by atoms with van der Waals surface area (Å²) in [5.41, 5.74) is -0.484. The Labute approximate surface area is 116 Å². The van der Waals surface area contributed by atoms with Gasteiger partial charge in [0.15, 0.2) is 0 Å². The number of nitrogens with one attached hydrogen (secondary N) is 1. The normalized spacial score (nSPS) is 20.8. The van der Waals surface area contributed by atoms with Crippen molar-refractivity contribution in [3.8, 4) is 0 Å². The van der Waals surface area contributed by atoms with Crippen LogP contribution in [0.4, 0.5) is 5.69 Å². The van der Waals surface area contributed by atoms with Crippen molar-refractivity contribution >= 4 is 29.3 Å². The van der Waals surface area contributed by atoms with E-state index in [1.54, 1.807) is 0 Å². The molecule has 4 amide bonds. The highest BCUT2D eigenvalue weighted by atomic mass is 16.6. The van der Waals surface area contributed by atoms with Gasteiger partial charge in [-0.2, -0.15) is 0 Å². The lowest BCUT2D eigenvalue weighted by atomic mass is 10.1. The van der Waals surface area contributed by atoms with Crippen LogP contribution >= 0.6 is 0 Å². The third-order valence-corrected chi connectivity index (χ3v) is 3.37. The molecule has 0 spiro atoms. The van der Waals surface area contributed by atoms with E-state index in [9.17, 15) is 29.3 Å². The van der Waals surface area contributed by atoms with Gasteiger partial charge in [0.2, 0.25) is 11.8 Å². The van der Waals surface area contributed by atoms with E-state index in [-0.39, 0.29) is 23.2 Å². The number of rotatable bonds is 2.